The summed E-state index contributed by atoms with van der Waals surface area (Å²) in [5.41, 5.74) is 0.525. The summed E-state index contributed by atoms with van der Waals surface area (Å²) in [7, 11) is 0. The van der Waals surface area contributed by atoms with Crippen LogP contribution in [0.5, 0.6) is 0 Å². The van der Waals surface area contributed by atoms with Crippen LogP contribution in [0.3, 0.4) is 0 Å². The predicted octanol–water partition coefficient (Wildman–Crippen LogP) is 4.65. The van der Waals surface area contributed by atoms with Crippen LogP contribution in [-0.2, 0) is 23.9 Å². The van der Waals surface area contributed by atoms with Gasteiger partial charge in [0, 0.05) is 24.3 Å². The maximum Gasteiger partial charge on any atom is 0.335 e. The molecule has 6 atom stereocenters. The molecule has 1 aliphatic heterocycles. The van der Waals surface area contributed by atoms with E-state index < -0.39 is 11.9 Å². The summed E-state index contributed by atoms with van der Waals surface area (Å²) in [6.07, 6.45) is 7.87. The van der Waals surface area contributed by atoms with Gasteiger partial charge in [-0.15, -0.1) is 0 Å². The molecular formula is C25H36O5. The first kappa shape index (κ1) is 22.9. The summed E-state index contributed by atoms with van der Waals surface area (Å²) < 4.78 is 11.4. The monoisotopic (exact) mass is 416 g/mol. The summed E-state index contributed by atoms with van der Waals surface area (Å²) in [6, 6.07) is 0. The highest BCUT2D eigenvalue weighted by molar-refractivity contribution is 5.90. The van der Waals surface area contributed by atoms with Crippen molar-refractivity contribution in [3.05, 3.63) is 24.0 Å². The van der Waals surface area contributed by atoms with E-state index in [1.807, 2.05) is 19.9 Å². The zero-order valence-corrected chi connectivity index (χ0v) is 19.2. The van der Waals surface area contributed by atoms with Crippen LogP contribution in [0.15, 0.2) is 24.0 Å². The molecule has 2 bridgehead atoms. The SMILES string of the molecule is CC(=O)C[C@H]1C(=O)[C@H]2COC(C)(C)[C@H]3CC[C@](C)(C[C@@H]23)[C@@H]1/C=C/OC(=O)C=C(C)C. The maximum atomic E-state index is 13.7. The number of fused-ring (bicyclic) bond motifs is 1. The Kier molecular flexibility index (Phi) is 6.43. The van der Waals surface area contributed by atoms with Gasteiger partial charge in [-0.3, -0.25) is 4.79 Å². The minimum absolute atomic E-state index is 0.0157. The van der Waals surface area contributed by atoms with E-state index in [1.54, 1.807) is 6.92 Å². The number of rotatable bonds is 5. The fourth-order valence-corrected chi connectivity index (χ4v) is 6.20. The molecule has 166 valence electrons. The molecule has 5 nitrogen and oxygen atoms in total. The average Bonchev–Trinajstić information content (AvgIpc) is 2.67. The van der Waals surface area contributed by atoms with Crippen LogP contribution >= 0.6 is 0 Å². The molecule has 1 heterocycles. The molecule has 0 aromatic heterocycles. The van der Waals surface area contributed by atoms with E-state index in [1.165, 1.54) is 12.3 Å². The average molecular weight is 417 g/mol. The summed E-state index contributed by atoms with van der Waals surface area (Å²) in [5.74, 6) is -0.322. The van der Waals surface area contributed by atoms with Gasteiger partial charge in [0.2, 0.25) is 0 Å². The van der Waals surface area contributed by atoms with Crippen molar-refractivity contribution in [2.45, 2.75) is 72.8 Å². The molecular weight excluding hydrogens is 380 g/mol. The maximum absolute atomic E-state index is 13.7. The quantitative estimate of drug-likeness (QED) is 0.371. The van der Waals surface area contributed by atoms with Crippen molar-refractivity contribution in [2.24, 2.45) is 35.0 Å². The number of ketones is 2. The van der Waals surface area contributed by atoms with Gasteiger partial charge in [-0.1, -0.05) is 12.5 Å². The molecule has 3 fully saturated rings. The van der Waals surface area contributed by atoms with Crippen LogP contribution in [0.2, 0.25) is 0 Å². The molecule has 30 heavy (non-hydrogen) atoms. The third kappa shape index (κ3) is 4.46. The third-order valence-electron chi connectivity index (χ3n) is 7.64. The van der Waals surface area contributed by atoms with Gasteiger partial charge in [0.25, 0.3) is 0 Å². The summed E-state index contributed by atoms with van der Waals surface area (Å²) in [4.78, 5) is 37.7. The first-order valence-corrected chi connectivity index (χ1v) is 11.1. The lowest BCUT2D eigenvalue weighted by Gasteiger charge is -2.53. The molecule has 5 heteroatoms. The van der Waals surface area contributed by atoms with E-state index in [9.17, 15) is 14.4 Å². The first-order chi connectivity index (χ1) is 13.9. The summed E-state index contributed by atoms with van der Waals surface area (Å²) in [5, 5.41) is 0. The second-order valence-corrected chi connectivity index (χ2v) is 10.6. The molecule has 3 aliphatic rings. The number of hydrogen-bond acceptors (Lipinski definition) is 5. The second-order valence-electron chi connectivity index (χ2n) is 10.6. The highest BCUT2D eigenvalue weighted by Crippen LogP contribution is 2.59. The van der Waals surface area contributed by atoms with E-state index >= 15 is 0 Å². The van der Waals surface area contributed by atoms with Gasteiger partial charge in [0.15, 0.2) is 0 Å². The first-order valence-electron chi connectivity index (χ1n) is 11.1. The molecule has 2 saturated carbocycles. The Hall–Kier alpha value is -1.75. The lowest BCUT2D eigenvalue weighted by atomic mass is 9.56. The molecule has 0 N–H and O–H groups in total. The van der Waals surface area contributed by atoms with E-state index in [2.05, 4.69) is 20.8 Å². The molecule has 0 unspecified atom stereocenters. The van der Waals surface area contributed by atoms with Crippen molar-refractivity contribution in [1.29, 1.82) is 0 Å². The Morgan fingerprint density at radius 1 is 1.20 bits per heavy atom. The van der Waals surface area contributed by atoms with Crippen molar-refractivity contribution >= 4 is 17.5 Å². The molecule has 0 amide bonds. The largest absolute Gasteiger partial charge is 0.432 e. The molecule has 0 spiro atoms. The Morgan fingerprint density at radius 2 is 1.90 bits per heavy atom. The summed E-state index contributed by atoms with van der Waals surface area (Å²) in [6.45, 7) is 12.2. The van der Waals surface area contributed by atoms with E-state index in [-0.39, 0.29) is 46.8 Å². The van der Waals surface area contributed by atoms with Crippen LogP contribution in [0.4, 0.5) is 0 Å². The molecule has 1 saturated heterocycles. The van der Waals surface area contributed by atoms with Gasteiger partial charge in [0.1, 0.15) is 11.6 Å². The minimum Gasteiger partial charge on any atom is -0.432 e. The van der Waals surface area contributed by atoms with Gasteiger partial charge in [-0.25, -0.2) is 4.79 Å². The number of allylic oxidation sites excluding steroid dienone is 2. The Bertz CT molecular complexity index is 772. The molecule has 0 aromatic rings. The highest BCUT2D eigenvalue weighted by Gasteiger charge is 2.58. The van der Waals surface area contributed by atoms with Crippen LogP contribution in [-0.4, -0.2) is 29.7 Å². The van der Waals surface area contributed by atoms with Crippen molar-refractivity contribution in [1.82, 2.24) is 0 Å². The van der Waals surface area contributed by atoms with Crippen molar-refractivity contribution in [2.75, 3.05) is 6.61 Å². The van der Waals surface area contributed by atoms with Crippen molar-refractivity contribution < 1.29 is 23.9 Å². The molecule has 3 rings (SSSR count). The number of Topliss-reactive ketones (excluding diaryl/α,β-unsaturated/α-hetero) is 2. The van der Waals surface area contributed by atoms with Gasteiger partial charge in [-0.2, -0.15) is 0 Å². The minimum atomic E-state index is -0.424. The fourth-order valence-electron chi connectivity index (χ4n) is 6.20. The zero-order valence-electron chi connectivity index (χ0n) is 19.2. The highest BCUT2D eigenvalue weighted by atomic mass is 16.5. The standard InChI is InChI=1S/C25H36O5/c1-15(2)11-22(27)29-10-8-21-17(12-16(3)26)23(28)19-14-30-24(4,5)20-7-9-25(21,6)13-18(19)20/h8,10-11,17-21H,7,9,12-14H2,1-6H3/b10-8+/t17-,18+,19+,20+,21-,25-/m1/s1. The van der Waals surface area contributed by atoms with E-state index in [4.69, 9.17) is 9.47 Å². The molecule has 0 radical (unpaired) electrons. The number of carbonyl (C=O) groups is 3. The Balaban J connectivity index is 1.95. The van der Waals surface area contributed by atoms with Crippen LogP contribution in [0.1, 0.15) is 67.2 Å². The fraction of sp³-hybridized carbons (Fsp3) is 0.720. The third-order valence-corrected chi connectivity index (χ3v) is 7.64. The van der Waals surface area contributed by atoms with Crippen molar-refractivity contribution in [3.63, 3.8) is 0 Å². The van der Waals surface area contributed by atoms with E-state index in [0.717, 1.165) is 24.8 Å². The lowest BCUT2D eigenvalue weighted by Crippen LogP contribution is -2.53. The van der Waals surface area contributed by atoms with Crippen LogP contribution in [0.25, 0.3) is 0 Å². The second kappa shape index (κ2) is 8.41. The Morgan fingerprint density at radius 3 is 2.53 bits per heavy atom. The van der Waals surface area contributed by atoms with Crippen molar-refractivity contribution in [3.8, 4) is 0 Å². The normalized spacial score (nSPS) is 37.4. The Labute approximate surface area is 180 Å². The topological polar surface area (TPSA) is 69.7 Å². The smallest absolute Gasteiger partial charge is 0.335 e. The number of esters is 1. The number of carbonyl (C=O) groups excluding carboxylic acids is 3. The zero-order chi connectivity index (χ0) is 22.3. The van der Waals surface area contributed by atoms with Gasteiger partial charge in [-0.05, 0) is 83.1 Å². The van der Waals surface area contributed by atoms with Crippen LogP contribution in [0, 0.1) is 35.0 Å². The molecule has 0 aromatic carbocycles. The molecule has 2 aliphatic carbocycles. The van der Waals surface area contributed by atoms with Gasteiger partial charge >= 0.3 is 5.97 Å². The van der Waals surface area contributed by atoms with Gasteiger partial charge < -0.3 is 14.3 Å². The number of ether oxygens (including phenoxy) is 2. The van der Waals surface area contributed by atoms with Gasteiger partial charge in [0.05, 0.1) is 18.5 Å². The predicted molar refractivity (Wildman–Crippen MR) is 114 cm³/mol. The van der Waals surface area contributed by atoms with Crippen LogP contribution < -0.4 is 0 Å². The lowest BCUT2D eigenvalue weighted by molar-refractivity contribution is -0.173. The summed E-state index contributed by atoms with van der Waals surface area (Å²) >= 11 is 0. The number of hydrogen-bond donors (Lipinski definition) is 0. The van der Waals surface area contributed by atoms with E-state index in [0.29, 0.717) is 12.5 Å².